The molecule has 4 rings (SSSR count). The first-order valence-corrected chi connectivity index (χ1v) is 10.6. The van der Waals surface area contributed by atoms with Gasteiger partial charge in [0.2, 0.25) is 0 Å². The van der Waals surface area contributed by atoms with Gasteiger partial charge in [0, 0.05) is 24.4 Å². The standard InChI is InChI=1S/C26H23N3O4/c1-17-7-6-10-22(18(17)2)27-24-23(20-11-13-21(14-12-20)29(32)33)25(30)28(26(24)31)16-15-19-8-4-3-5-9-19/h3-14,27H,15-16H2,1-2H3. The number of aryl methyl sites for hydroxylation is 1. The summed E-state index contributed by atoms with van der Waals surface area (Å²) in [5.41, 5.74) is 4.53. The van der Waals surface area contributed by atoms with Crippen LogP contribution in [0.2, 0.25) is 0 Å². The molecule has 0 saturated heterocycles. The zero-order valence-electron chi connectivity index (χ0n) is 18.4. The molecule has 0 atom stereocenters. The second-order valence-corrected chi connectivity index (χ2v) is 7.92. The molecular formula is C26H23N3O4. The first-order chi connectivity index (χ1) is 15.9. The van der Waals surface area contributed by atoms with E-state index in [1.807, 2.05) is 62.4 Å². The van der Waals surface area contributed by atoms with E-state index in [1.54, 1.807) is 0 Å². The molecule has 0 unspecified atom stereocenters. The Labute approximate surface area is 191 Å². The molecule has 7 nitrogen and oxygen atoms in total. The Morgan fingerprint density at radius 3 is 2.24 bits per heavy atom. The van der Waals surface area contributed by atoms with Gasteiger partial charge in [0.15, 0.2) is 0 Å². The number of anilines is 1. The van der Waals surface area contributed by atoms with Crippen molar-refractivity contribution in [2.24, 2.45) is 0 Å². The third-order valence-corrected chi connectivity index (χ3v) is 5.87. The van der Waals surface area contributed by atoms with E-state index in [9.17, 15) is 19.7 Å². The highest BCUT2D eigenvalue weighted by atomic mass is 16.6. The predicted octanol–water partition coefficient (Wildman–Crippen LogP) is 4.65. The Morgan fingerprint density at radius 2 is 1.58 bits per heavy atom. The normalized spacial score (nSPS) is 13.6. The Kier molecular flexibility index (Phi) is 6.04. The minimum atomic E-state index is -0.499. The third-order valence-electron chi connectivity index (χ3n) is 5.87. The molecule has 7 heteroatoms. The van der Waals surface area contributed by atoms with Crippen molar-refractivity contribution >= 4 is 28.8 Å². The maximum atomic E-state index is 13.4. The molecule has 0 radical (unpaired) electrons. The van der Waals surface area contributed by atoms with Crippen molar-refractivity contribution < 1.29 is 14.5 Å². The number of rotatable bonds is 7. The van der Waals surface area contributed by atoms with Crippen LogP contribution < -0.4 is 5.32 Å². The Bertz CT molecular complexity index is 1260. The fraction of sp³-hybridized carbons (Fsp3) is 0.154. The van der Waals surface area contributed by atoms with Gasteiger partial charge >= 0.3 is 0 Å². The molecule has 0 saturated carbocycles. The van der Waals surface area contributed by atoms with Crippen LogP contribution in [0.5, 0.6) is 0 Å². The van der Waals surface area contributed by atoms with Gasteiger partial charge < -0.3 is 5.32 Å². The Balaban J connectivity index is 1.71. The number of amides is 2. The monoisotopic (exact) mass is 441 g/mol. The van der Waals surface area contributed by atoms with Crippen LogP contribution in [-0.4, -0.2) is 28.2 Å². The molecule has 3 aromatic rings. The molecule has 166 valence electrons. The van der Waals surface area contributed by atoms with Crippen LogP contribution in [0.3, 0.4) is 0 Å². The molecule has 3 aromatic carbocycles. The van der Waals surface area contributed by atoms with Crippen molar-refractivity contribution in [3.63, 3.8) is 0 Å². The number of nitrogens with one attached hydrogen (secondary N) is 1. The molecule has 0 fully saturated rings. The first kappa shape index (κ1) is 22.0. The van der Waals surface area contributed by atoms with Gasteiger partial charge in [-0.05, 0) is 60.7 Å². The number of nitrogens with zero attached hydrogens (tertiary/aromatic N) is 2. The van der Waals surface area contributed by atoms with Crippen molar-refractivity contribution in [2.45, 2.75) is 20.3 Å². The number of carbonyl (C=O) groups is 2. The summed E-state index contributed by atoms with van der Waals surface area (Å²) in [7, 11) is 0. The van der Waals surface area contributed by atoms with E-state index < -0.39 is 16.7 Å². The topological polar surface area (TPSA) is 92.6 Å². The summed E-state index contributed by atoms with van der Waals surface area (Å²) >= 11 is 0. The van der Waals surface area contributed by atoms with E-state index in [0.717, 1.165) is 22.4 Å². The fourth-order valence-electron chi connectivity index (χ4n) is 3.82. The maximum Gasteiger partial charge on any atom is 0.278 e. The highest BCUT2D eigenvalue weighted by Crippen LogP contribution is 2.32. The quantitative estimate of drug-likeness (QED) is 0.327. The van der Waals surface area contributed by atoms with Crippen molar-refractivity contribution in [2.75, 3.05) is 11.9 Å². The molecule has 33 heavy (non-hydrogen) atoms. The van der Waals surface area contributed by atoms with Gasteiger partial charge in [-0.1, -0.05) is 42.5 Å². The van der Waals surface area contributed by atoms with Crippen LogP contribution in [0.15, 0.2) is 78.5 Å². The van der Waals surface area contributed by atoms with Gasteiger partial charge in [-0.15, -0.1) is 0 Å². The average molecular weight is 441 g/mol. The van der Waals surface area contributed by atoms with Crippen molar-refractivity contribution in [1.82, 2.24) is 4.90 Å². The molecule has 1 aliphatic heterocycles. The Hall–Kier alpha value is -4.26. The van der Waals surface area contributed by atoms with Gasteiger partial charge in [-0.2, -0.15) is 0 Å². The van der Waals surface area contributed by atoms with Gasteiger partial charge in [-0.25, -0.2) is 0 Å². The SMILES string of the molecule is Cc1cccc(NC2=C(c3ccc([N+](=O)[O-])cc3)C(=O)N(CCc3ccccc3)C2=O)c1C. The minimum absolute atomic E-state index is 0.0823. The lowest BCUT2D eigenvalue weighted by molar-refractivity contribution is -0.384. The van der Waals surface area contributed by atoms with Crippen LogP contribution in [-0.2, 0) is 16.0 Å². The largest absolute Gasteiger partial charge is 0.350 e. The zero-order valence-corrected chi connectivity index (χ0v) is 18.4. The second-order valence-electron chi connectivity index (χ2n) is 7.92. The molecule has 1 heterocycles. The van der Waals surface area contributed by atoms with Crippen molar-refractivity contribution in [3.8, 4) is 0 Å². The van der Waals surface area contributed by atoms with E-state index in [-0.39, 0.29) is 23.5 Å². The molecular weight excluding hydrogens is 418 g/mol. The summed E-state index contributed by atoms with van der Waals surface area (Å²) in [6, 6.07) is 21.0. The molecule has 1 N–H and O–H groups in total. The van der Waals surface area contributed by atoms with E-state index in [4.69, 9.17) is 0 Å². The summed E-state index contributed by atoms with van der Waals surface area (Å²) < 4.78 is 0. The molecule has 0 spiro atoms. The number of nitro groups is 1. The smallest absolute Gasteiger partial charge is 0.278 e. The van der Waals surface area contributed by atoms with E-state index in [2.05, 4.69) is 5.32 Å². The van der Waals surface area contributed by atoms with Crippen LogP contribution >= 0.6 is 0 Å². The van der Waals surface area contributed by atoms with Crippen LogP contribution in [0.1, 0.15) is 22.3 Å². The number of non-ortho nitro benzene ring substituents is 1. The lowest BCUT2D eigenvalue weighted by Gasteiger charge is -2.16. The number of hydrogen-bond acceptors (Lipinski definition) is 5. The second kappa shape index (κ2) is 9.08. The fourth-order valence-corrected chi connectivity index (χ4v) is 3.82. The summed E-state index contributed by atoms with van der Waals surface area (Å²) in [4.78, 5) is 38.5. The molecule has 0 aromatic heterocycles. The lowest BCUT2D eigenvalue weighted by atomic mass is 10.0. The number of nitro benzene ring substituents is 1. The third kappa shape index (κ3) is 4.39. The summed E-state index contributed by atoms with van der Waals surface area (Å²) in [6.45, 7) is 4.15. The van der Waals surface area contributed by atoms with Crippen molar-refractivity contribution in [1.29, 1.82) is 0 Å². The lowest BCUT2D eigenvalue weighted by Crippen LogP contribution is -2.34. The first-order valence-electron chi connectivity index (χ1n) is 10.6. The maximum absolute atomic E-state index is 13.4. The average Bonchev–Trinajstić information content (AvgIpc) is 3.05. The summed E-state index contributed by atoms with van der Waals surface area (Å²) in [5.74, 6) is -0.831. The number of benzene rings is 3. The molecule has 1 aliphatic rings. The van der Waals surface area contributed by atoms with E-state index in [1.165, 1.54) is 29.2 Å². The summed E-state index contributed by atoms with van der Waals surface area (Å²) in [5, 5.41) is 14.2. The number of carbonyl (C=O) groups excluding carboxylic acids is 2. The molecule has 0 bridgehead atoms. The highest BCUT2D eigenvalue weighted by molar-refractivity contribution is 6.36. The molecule has 2 amide bonds. The van der Waals surface area contributed by atoms with Gasteiger partial charge in [0.05, 0.1) is 10.5 Å². The van der Waals surface area contributed by atoms with Crippen LogP contribution in [0.4, 0.5) is 11.4 Å². The van der Waals surface area contributed by atoms with Crippen LogP contribution in [0, 0.1) is 24.0 Å². The predicted molar refractivity (Wildman–Crippen MR) is 126 cm³/mol. The van der Waals surface area contributed by atoms with E-state index >= 15 is 0 Å². The molecule has 0 aliphatic carbocycles. The Morgan fingerprint density at radius 1 is 0.879 bits per heavy atom. The van der Waals surface area contributed by atoms with Crippen LogP contribution in [0.25, 0.3) is 5.57 Å². The highest BCUT2D eigenvalue weighted by Gasteiger charge is 2.39. The van der Waals surface area contributed by atoms with Crippen molar-refractivity contribution in [3.05, 3.63) is 111 Å². The minimum Gasteiger partial charge on any atom is -0.350 e. The number of imide groups is 1. The summed E-state index contributed by atoms with van der Waals surface area (Å²) in [6.07, 6.45) is 0.530. The number of hydrogen-bond donors (Lipinski definition) is 1. The van der Waals surface area contributed by atoms with E-state index in [0.29, 0.717) is 12.0 Å². The van der Waals surface area contributed by atoms with Gasteiger partial charge in [0.25, 0.3) is 17.5 Å². The van der Waals surface area contributed by atoms with Gasteiger partial charge in [-0.3, -0.25) is 24.6 Å². The zero-order chi connectivity index (χ0) is 23.5. The van der Waals surface area contributed by atoms with Gasteiger partial charge in [0.1, 0.15) is 5.70 Å².